The molecule has 4 nitrogen and oxygen atoms in total. The number of benzene rings is 1. The van der Waals surface area contributed by atoms with Crippen molar-refractivity contribution in [3.05, 3.63) is 48.2 Å². The Hall–Kier alpha value is -2.23. The summed E-state index contributed by atoms with van der Waals surface area (Å²) in [5, 5.41) is 8.52. The van der Waals surface area contributed by atoms with E-state index >= 15 is 0 Å². The van der Waals surface area contributed by atoms with Crippen molar-refractivity contribution >= 4 is 17.2 Å². The summed E-state index contributed by atoms with van der Waals surface area (Å²) in [5.41, 5.74) is 3.21. The van der Waals surface area contributed by atoms with E-state index in [-0.39, 0.29) is 7.43 Å². The van der Waals surface area contributed by atoms with Gasteiger partial charge in [0.05, 0.1) is 18.4 Å². The standard InChI is InChI=1S/C15H19N4.CH4/c1-12-5-10-15(19(4)11-12)17-16-13-6-8-14(9-7-13)18(2)3;/h5-11H,1-4H3;1H4/q+1;. The third-order valence-corrected chi connectivity index (χ3v) is 2.89. The highest BCUT2D eigenvalue weighted by Gasteiger charge is 2.05. The fraction of sp³-hybridized carbons (Fsp3) is 0.312. The molecule has 0 radical (unpaired) electrons. The highest BCUT2D eigenvalue weighted by molar-refractivity contribution is 5.51. The highest BCUT2D eigenvalue weighted by atomic mass is 15.2. The fourth-order valence-corrected chi connectivity index (χ4v) is 1.77. The van der Waals surface area contributed by atoms with Crippen LogP contribution in [0.1, 0.15) is 13.0 Å². The Labute approximate surface area is 121 Å². The summed E-state index contributed by atoms with van der Waals surface area (Å²) in [6, 6.07) is 12.0. The molecule has 0 bridgehead atoms. The minimum Gasteiger partial charge on any atom is -0.378 e. The first-order chi connectivity index (χ1) is 9.06. The molecule has 1 heterocycles. The van der Waals surface area contributed by atoms with Crippen LogP contribution in [0.25, 0.3) is 0 Å². The maximum atomic E-state index is 4.27. The molecule has 2 rings (SSSR count). The van der Waals surface area contributed by atoms with E-state index in [1.54, 1.807) is 0 Å². The molecule has 0 spiro atoms. The number of pyridine rings is 1. The maximum absolute atomic E-state index is 4.27. The van der Waals surface area contributed by atoms with Crippen molar-refractivity contribution in [2.24, 2.45) is 17.3 Å². The number of azo groups is 1. The molecule has 0 fully saturated rings. The minimum atomic E-state index is 0. The highest BCUT2D eigenvalue weighted by Crippen LogP contribution is 2.19. The van der Waals surface area contributed by atoms with E-state index < -0.39 is 0 Å². The van der Waals surface area contributed by atoms with Gasteiger partial charge >= 0.3 is 5.82 Å². The summed E-state index contributed by atoms with van der Waals surface area (Å²) in [7, 11) is 6.00. The smallest absolute Gasteiger partial charge is 0.350 e. The Bertz CT molecular complexity index is 586. The number of rotatable bonds is 3. The molecule has 0 aliphatic heterocycles. The molecule has 0 amide bonds. The first kappa shape index (κ1) is 15.8. The zero-order valence-electron chi connectivity index (χ0n) is 11.8. The predicted molar refractivity (Wildman–Crippen MR) is 84.0 cm³/mol. The Balaban J connectivity index is 0.00000200. The molecule has 106 valence electrons. The van der Waals surface area contributed by atoms with Gasteiger partial charge in [-0.25, -0.2) is 4.57 Å². The van der Waals surface area contributed by atoms with Crippen LogP contribution < -0.4 is 9.47 Å². The second kappa shape index (κ2) is 6.80. The molecule has 0 aliphatic carbocycles. The quantitative estimate of drug-likeness (QED) is 0.614. The first-order valence-electron chi connectivity index (χ1n) is 6.21. The Morgan fingerprint density at radius 2 is 1.60 bits per heavy atom. The van der Waals surface area contributed by atoms with Crippen LogP contribution in [-0.2, 0) is 7.05 Å². The van der Waals surface area contributed by atoms with E-state index in [0.717, 1.165) is 17.2 Å². The zero-order chi connectivity index (χ0) is 13.8. The van der Waals surface area contributed by atoms with Crippen LogP contribution in [0.4, 0.5) is 17.2 Å². The summed E-state index contributed by atoms with van der Waals surface area (Å²) >= 11 is 0. The lowest BCUT2D eigenvalue weighted by atomic mass is 10.3. The molecule has 0 saturated heterocycles. The fourth-order valence-electron chi connectivity index (χ4n) is 1.77. The van der Waals surface area contributed by atoms with Crippen LogP contribution >= 0.6 is 0 Å². The lowest BCUT2D eigenvalue weighted by molar-refractivity contribution is -0.658. The summed E-state index contributed by atoms with van der Waals surface area (Å²) in [5.74, 6) is 0.835. The van der Waals surface area contributed by atoms with Crippen molar-refractivity contribution in [3.63, 3.8) is 0 Å². The average molecular weight is 271 g/mol. The van der Waals surface area contributed by atoms with Crippen LogP contribution in [0.15, 0.2) is 52.8 Å². The van der Waals surface area contributed by atoms with E-state index in [2.05, 4.69) is 22.1 Å². The van der Waals surface area contributed by atoms with E-state index in [1.165, 1.54) is 5.56 Å². The van der Waals surface area contributed by atoms with Gasteiger partial charge in [0.1, 0.15) is 5.69 Å². The van der Waals surface area contributed by atoms with Crippen LogP contribution in [0.3, 0.4) is 0 Å². The van der Waals surface area contributed by atoms with E-state index in [1.807, 2.05) is 68.3 Å². The molecule has 0 saturated carbocycles. The number of hydrogen-bond acceptors (Lipinski definition) is 3. The van der Waals surface area contributed by atoms with Crippen molar-refractivity contribution in [3.8, 4) is 0 Å². The van der Waals surface area contributed by atoms with Crippen molar-refractivity contribution in [1.82, 2.24) is 0 Å². The topological polar surface area (TPSA) is 31.8 Å². The molecule has 0 N–H and O–H groups in total. The monoisotopic (exact) mass is 271 g/mol. The van der Waals surface area contributed by atoms with Gasteiger partial charge in [-0.2, -0.15) is 0 Å². The molecule has 0 aliphatic rings. The summed E-state index contributed by atoms with van der Waals surface area (Å²) in [6.07, 6.45) is 2.03. The predicted octanol–water partition coefficient (Wildman–Crippen LogP) is 3.94. The molecule has 2 aromatic rings. The van der Waals surface area contributed by atoms with Crippen molar-refractivity contribution < 1.29 is 4.57 Å². The van der Waals surface area contributed by atoms with Gasteiger partial charge in [0, 0.05) is 25.8 Å². The number of aromatic nitrogens is 1. The molecular weight excluding hydrogens is 248 g/mol. The number of nitrogens with zero attached hydrogens (tertiary/aromatic N) is 4. The van der Waals surface area contributed by atoms with Crippen LogP contribution in [0.5, 0.6) is 0 Å². The van der Waals surface area contributed by atoms with E-state index in [4.69, 9.17) is 0 Å². The molecule has 0 atom stereocenters. The van der Waals surface area contributed by atoms with E-state index in [9.17, 15) is 0 Å². The number of aryl methyl sites for hydroxylation is 2. The van der Waals surface area contributed by atoms with Gasteiger partial charge in [-0.15, -0.1) is 0 Å². The normalized spacial score (nSPS) is 10.4. The second-order valence-corrected chi connectivity index (χ2v) is 4.79. The van der Waals surface area contributed by atoms with Gasteiger partial charge in [0.2, 0.25) is 0 Å². The second-order valence-electron chi connectivity index (χ2n) is 4.79. The number of anilines is 1. The van der Waals surface area contributed by atoms with Gasteiger partial charge in [0.25, 0.3) is 0 Å². The largest absolute Gasteiger partial charge is 0.378 e. The van der Waals surface area contributed by atoms with Gasteiger partial charge in [-0.3, -0.25) is 0 Å². The lowest BCUT2D eigenvalue weighted by Crippen LogP contribution is -2.27. The summed E-state index contributed by atoms with van der Waals surface area (Å²) in [4.78, 5) is 2.06. The third kappa shape index (κ3) is 3.88. The van der Waals surface area contributed by atoms with Gasteiger partial charge < -0.3 is 4.90 Å². The lowest BCUT2D eigenvalue weighted by Gasteiger charge is -2.11. The first-order valence-corrected chi connectivity index (χ1v) is 6.21. The van der Waals surface area contributed by atoms with Gasteiger partial charge in [-0.05, 0) is 47.9 Å². The van der Waals surface area contributed by atoms with Crippen molar-refractivity contribution in [2.45, 2.75) is 14.4 Å². The maximum Gasteiger partial charge on any atom is 0.350 e. The van der Waals surface area contributed by atoms with Gasteiger partial charge in [0.15, 0.2) is 0 Å². The van der Waals surface area contributed by atoms with Crippen molar-refractivity contribution in [1.29, 1.82) is 0 Å². The zero-order valence-corrected chi connectivity index (χ0v) is 11.8. The molecule has 0 unspecified atom stereocenters. The minimum absolute atomic E-state index is 0. The van der Waals surface area contributed by atoms with Gasteiger partial charge in [-0.1, -0.05) is 7.43 Å². The molecule has 1 aromatic heterocycles. The Morgan fingerprint density at radius 3 is 2.15 bits per heavy atom. The third-order valence-electron chi connectivity index (χ3n) is 2.89. The molecule has 20 heavy (non-hydrogen) atoms. The van der Waals surface area contributed by atoms with Crippen LogP contribution in [0, 0.1) is 6.92 Å². The van der Waals surface area contributed by atoms with Crippen LogP contribution in [0.2, 0.25) is 0 Å². The summed E-state index contributed by atoms with van der Waals surface area (Å²) < 4.78 is 1.97. The average Bonchev–Trinajstić information content (AvgIpc) is 2.38. The Morgan fingerprint density at radius 1 is 0.950 bits per heavy atom. The van der Waals surface area contributed by atoms with Crippen molar-refractivity contribution in [2.75, 3.05) is 19.0 Å². The number of hydrogen-bond donors (Lipinski definition) is 0. The SMILES string of the molecule is C.Cc1ccc(N=Nc2ccc(N(C)C)cc2)[n+](C)c1. The molecule has 4 heteroatoms. The van der Waals surface area contributed by atoms with Crippen LogP contribution in [-0.4, -0.2) is 14.1 Å². The Kier molecular flexibility index (Phi) is 5.38. The molecule has 1 aromatic carbocycles. The summed E-state index contributed by atoms with van der Waals surface area (Å²) in [6.45, 7) is 2.06. The van der Waals surface area contributed by atoms with E-state index in [0.29, 0.717) is 0 Å². The molecular formula is C16H23N4+.